The van der Waals surface area contributed by atoms with Gasteiger partial charge in [0.15, 0.2) is 0 Å². The van der Waals surface area contributed by atoms with E-state index in [9.17, 15) is 29.5 Å². The Balaban J connectivity index is 1.36. The van der Waals surface area contributed by atoms with Crippen molar-refractivity contribution >= 4 is 23.4 Å². The topological polar surface area (TPSA) is 122 Å². The Bertz CT molecular complexity index is 1210. The zero-order valence-corrected chi connectivity index (χ0v) is 18.4. The fourth-order valence-corrected chi connectivity index (χ4v) is 4.34. The smallest absolute Gasteiger partial charge is 0.407 e. The van der Waals surface area contributed by atoms with Gasteiger partial charge in [-0.1, -0.05) is 60.1 Å². The maximum Gasteiger partial charge on any atom is 0.407 e. The number of carbonyl (C=O) groups is 1. The van der Waals surface area contributed by atoms with Crippen molar-refractivity contribution in [3.63, 3.8) is 0 Å². The summed E-state index contributed by atoms with van der Waals surface area (Å²) in [6.45, 7) is -0.356. The van der Waals surface area contributed by atoms with E-state index in [1.54, 1.807) is 0 Å². The van der Waals surface area contributed by atoms with Gasteiger partial charge in [-0.15, -0.1) is 0 Å². The number of ether oxygens (including phenoxy) is 1. The number of aliphatic hydroxyl groups is 2. The van der Waals surface area contributed by atoms with Gasteiger partial charge in [0.05, 0.1) is 9.95 Å². The molecule has 0 heterocycles. The molecule has 0 saturated carbocycles. The van der Waals surface area contributed by atoms with Gasteiger partial charge in [0.25, 0.3) is 0 Å². The fourth-order valence-electron chi connectivity index (χ4n) is 4.07. The number of nitrogens with one attached hydrogen (secondary N) is 1. The number of nitro benzene ring substituents is 1. The maximum atomic E-state index is 13.9. The molecule has 176 valence electrons. The van der Waals surface area contributed by atoms with Gasteiger partial charge in [0.1, 0.15) is 18.8 Å². The van der Waals surface area contributed by atoms with Gasteiger partial charge in [0, 0.05) is 24.1 Å². The SMILES string of the molecule is O=C(NCC(O)C(O)c1cc(F)c([N+](=O)[O-])cc1Cl)OCC1c2ccccc2-c2ccccc21. The minimum Gasteiger partial charge on any atom is -0.449 e. The molecule has 2 unspecified atom stereocenters. The van der Waals surface area contributed by atoms with E-state index in [4.69, 9.17) is 16.3 Å². The molecule has 3 N–H and O–H groups in total. The van der Waals surface area contributed by atoms with Crippen molar-refractivity contribution in [1.82, 2.24) is 5.32 Å². The van der Waals surface area contributed by atoms with E-state index in [2.05, 4.69) is 5.32 Å². The van der Waals surface area contributed by atoms with Crippen LogP contribution in [0.4, 0.5) is 14.9 Å². The van der Waals surface area contributed by atoms with Gasteiger partial charge >= 0.3 is 11.8 Å². The summed E-state index contributed by atoms with van der Waals surface area (Å²) in [6, 6.07) is 17.1. The van der Waals surface area contributed by atoms with Crippen LogP contribution in [0.3, 0.4) is 0 Å². The first-order valence-corrected chi connectivity index (χ1v) is 10.7. The van der Waals surface area contributed by atoms with E-state index in [1.807, 2.05) is 48.5 Å². The fraction of sp³-hybridized carbons (Fsp3) is 0.208. The summed E-state index contributed by atoms with van der Waals surface area (Å²) < 4.78 is 19.3. The first-order chi connectivity index (χ1) is 16.3. The number of carbonyl (C=O) groups excluding carboxylic acids is 1. The molecular weight excluding hydrogens is 467 g/mol. The second-order valence-electron chi connectivity index (χ2n) is 7.80. The molecule has 3 aromatic carbocycles. The van der Waals surface area contributed by atoms with Crippen LogP contribution < -0.4 is 5.32 Å². The predicted octanol–water partition coefficient (Wildman–Crippen LogP) is 4.32. The number of aliphatic hydroxyl groups excluding tert-OH is 2. The van der Waals surface area contributed by atoms with Crippen molar-refractivity contribution in [2.45, 2.75) is 18.1 Å². The highest BCUT2D eigenvalue weighted by atomic mass is 35.5. The van der Waals surface area contributed by atoms with Gasteiger partial charge < -0.3 is 20.3 Å². The molecule has 2 atom stereocenters. The van der Waals surface area contributed by atoms with E-state index in [0.29, 0.717) is 6.07 Å². The Morgan fingerprint density at radius 3 is 2.29 bits per heavy atom. The highest BCUT2D eigenvalue weighted by molar-refractivity contribution is 6.31. The number of nitro groups is 1. The van der Waals surface area contributed by atoms with Crippen LogP contribution in [-0.4, -0.2) is 40.5 Å². The Labute approximate surface area is 198 Å². The number of nitrogens with zero attached hydrogens (tertiary/aromatic N) is 1. The maximum absolute atomic E-state index is 13.9. The molecule has 3 aromatic rings. The number of alkyl carbamates (subject to hydrolysis) is 1. The molecule has 1 aliphatic carbocycles. The Kier molecular flexibility index (Phi) is 6.78. The average molecular weight is 487 g/mol. The third-order valence-corrected chi connectivity index (χ3v) is 6.07. The second-order valence-corrected chi connectivity index (χ2v) is 8.21. The Morgan fingerprint density at radius 2 is 1.71 bits per heavy atom. The molecule has 0 spiro atoms. The molecule has 10 heteroatoms. The molecule has 1 amide bonds. The molecule has 8 nitrogen and oxygen atoms in total. The summed E-state index contributed by atoms with van der Waals surface area (Å²) in [6.07, 6.45) is -4.08. The highest BCUT2D eigenvalue weighted by Gasteiger charge is 2.30. The summed E-state index contributed by atoms with van der Waals surface area (Å²) in [5, 5.41) is 33.4. The molecule has 4 rings (SSSR count). The first-order valence-electron chi connectivity index (χ1n) is 10.4. The van der Waals surface area contributed by atoms with Crippen molar-refractivity contribution in [2.24, 2.45) is 0 Å². The van der Waals surface area contributed by atoms with Crippen LogP contribution in [0.15, 0.2) is 60.7 Å². The van der Waals surface area contributed by atoms with Crippen LogP contribution in [-0.2, 0) is 4.74 Å². The zero-order chi connectivity index (χ0) is 24.4. The van der Waals surface area contributed by atoms with E-state index >= 15 is 0 Å². The Hall–Kier alpha value is -3.53. The van der Waals surface area contributed by atoms with Gasteiger partial charge in [-0.3, -0.25) is 10.1 Å². The third-order valence-electron chi connectivity index (χ3n) is 5.75. The number of fused-ring (bicyclic) bond motifs is 3. The minimum absolute atomic E-state index is 0.0674. The van der Waals surface area contributed by atoms with Crippen LogP contribution >= 0.6 is 11.6 Å². The quantitative estimate of drug-likeness (QED) is 0.338. The van der Waals surface area contributed by atoms with Crippen LogP contribution in [0.2, 0.25) is 5.02 Å². The van der Waals surface area contributed by atoms with Crippen molar-refractivity contribution < 1.29 is 29.1 Å². The zero-order valence-electron chi connectivity index (χ0n) is 17.7. The minimum atomic E-state index is -1.70. The monoisotopic (exact) mass is 486 g/mol. The summed E-state index contributed by atoms with van der Waals surface area (Å²) in [5.41, 5.74) is 3.15. The van der Waals surface area contributed by atoms with Crippen molar-refractivity contribution in [2.75, 3.05) is 13.2 Å². The molecule has 0 radical (unpaired) electrons. The van der Waals surface area contributed by atoms with Gasteiger partial charge in [-0.25, -0.2) is 4.79 Å². The lowest BCUT2D eigenvalue weighted by molar-refractivity contribution is -0.387. The van der Waals surface area contributed by atoms with Crippen molar-refractivity contribution in [3.05, 3.63) is 98.3 Å². The van der Waals surface area contributed by atoms with E-state index in [0.717, 1.165) is 28.3 Å². The summed E-state index contributed by atoms with van der Waals surface area (Å²) >= 11 is 5.90. The van der Waals surface area contributed by atoms with E-state index < -0.39 is 41.3 Å². The molecule has 1 aliphatic rings. The molecule has 0 aliphatic heterocycles. The number of amides is 1. The van der Waals surface area contributed by atoms with Crippen LogP contribution in [0.25, 0.3) is 11.1 Å². The van der Waals surface area contributed by atoms with Crippen molar-refractivity contribution in [3.8, 4) is 11.1 Å². The number of rotatable bonds is 7. The number of halogens is 2. The first kappa shape index (κ1) is 23.6. The highest BCUT2D eigenvalue weighted by Crippen LogP contribution is 2.44. The molecule has 0 fully saturated rings. The van der Waals surface area contributed by atoms with Crippen molar-refractivity contribution in [1.29, 1.82) is 0 Å². The van der Waals surface area contributed by atoms with Crippen LogP contribution in [0.1, 0.15) is 28.7 Å². The molecule has 0 aromatic heterocycles. The number of benzene rings is 3. The van der Waals surface area contributed by atoms with E-state index in [1.165, 1.54) is 0 Å². The third kappa shape index (κ3) is 4.58. The largest absolute Gasteiger partial charge is 0.449 e. The van der Waals surface area contributed by atoms with E-state index in [-0.39, 0.29) is 23.1 Å². The summed E-state index contributed by atoms with van der Waals surface area (Å²) in [7, 11) is 0. The average Bonchev–Trinajstić information content (AvgIpc) is 3.15. The lowest BCUT2D eigenvalue weighted by Crippen LogP contribution is -2.36. The van der Waals surface area contributed by atoms with Gasteiger partial charge in [0.2, 0.25) is 5.82 Å². The second kappa shape index (κ2) is 9.76. The lowest BCUT2D eigenvalue weighted by atomic mass is 9.98. The number of hydrogen-bond acceptors (Lipinski definition) is 6. The molecule has 34 heavy (non-hydrogen) atoms. The van der Waals surface area contributed by atoms with Gasteiger partial charge in [-0.05, 0) is 28.3 Å². The predicted molar refractivity (Wildman–Crippen MR) is 122 cm³/mol. The molecule has 0 bridgehead atoms. The van der Waals surface area contributed by atoms with Crippen LogP contribution in [0, 0.1) is 15.9 Å². The summed E-state index contributed by atoms with van der Waals surface area (Å²) in [5.74, 6) is -1.35. The molecule has 0 saturated heterocycles. The van der Waals surface area contributed by atoms with Gasteiger partial charge in [-0.2, -0.15) is 4.39 Å². The normalized spacial score (nSPS) is 14.1. The van der Waals surface area contributed by atoms with Crippen LogP contribution in [0.5, 0.6) is 0 Å². The number of hydrogen-bond donors (Lipinski definition) is 3. The standard InChI is InChI=1S/C24H20ClFN2O6/c25-19-10-21(28(32)33)20(26)9-17(19)23(30)22(29)11-27-24(31)34-12-18-15-7-3-1-5-13(15)14-6-2-4-8-16(14)18/h1-10,18,22-23,29-30H,11-12H2,(H,27,31). The lowest BCUT2D eigenvalue weighted by Gasteiger charge is -2.20. The summed E-state index contributed by atoms with van der Waals surface area (Å²) in [4.78, 5) is 22.1. The Morgan fingerprint density at radius 1 is 1.12 bits per heavy atom. The molecular formula is C24H20ClFN2O6.